The van der Waals surface area contributed by atoms with E-state index < -0.39 is 5.69 Å². The van der Waals surface area contributed by atoms with Crippen molar-refractivity contribution in [2.45, 2.75) is 11.5 Å². The van der Waals surface area contributed by atoms with Crippen LogP contribution in [0.4, 0.5) is 0 Å². The predicted octanol–water partition coefficient (Wildman–Crippen LogP) is 1.90. The fourth-order valence-corrected chi connectivity index (χ4v) is 5.95. The molecule has 10 heteroatoms. The molecule has 0 bridgehead atoms. The number of hydrogen-bond donors (Lipinski definition) is 2. The monoisotopic (exact) mass is 439 g/mol. The summed E-state index contributed by atoms with van der Waals surface area (Å²) in [5.41, 5.74) is 1.17. The van der Waals surface area contributed by atoms with E-state index in [1.807, 2.05) is 12.1 Å². The summed E-state index contributed by atoms with van der Waals surface area (Å²) < 4.78 is 8.07. The van der Waals surface area contributed by atoms with Crippen molar-refractivity contribution >= 4 is 45.1 Å². The molecule has 0 radical (unpaired) electrons. The molecule has 3 rings (SSSR count). The third kappa shape index (κ3) is 4.20. The maximum atomic E-state index is 12.6. The summed E-state index contributed by atoms with van der Waals surface area (Å²) in [7, 11) is 1.64. The van der Waals surface area contributed by atoms with Gasteiger partial charge < -0.3 is 14.8 Å². The summed E-state index contributed by atoms with van der Waals surface area (Å²) in [4.78, 5) is 25.1. The molecule has 0 aliphatic carbocycles. The van der Waals surface area contributed by atoms with Gasteiger partial charge >= 0.3 is 5.69 Å². The maximum Gasteiger partial charge on any atom is 0.335 e. The van der Waals surface area contributed by atoms with Crippen molar-refractivity contribution in [3.05, 3.63) is 56.5 Å². The van der Waals surface area contributed by atoms with Gasteiger partial charge in [-0.2, -0.15) is 4.37 Å². The standard InChI is InChI=1S/C18H21N3O4S3/c1-11-9-15(24)21(18(25)20(11)2)12-3-4-14-13(10-12)16(19-28-14)17(26-7-5-22)27-8-6-23/h3-4,9-10,17,22-23H,5-8H2,1-2H3. The number of fused-ring (bicyclic) bond motifs is 1. The Balaban J connectivity index is 2.12. The van der Waals surface area contributed by atoms with E-state index in [0.29, 0.717) is 22.9 Å². The van der Waals surface area contributed by atoms with Gasteiger partial charge in [-0.3, -0.25) is 4.79 Å². The first-order valence-corrected chi connectivity index (χ1v) is 11.5. The Bertz CT molecular complexity index is 1080. The molecule has 2 aromatic heterocycles. The molecule has 0 amide bonds. The first-order chi connectivity index (χ1) is 13.5. The number of nitrogens with zero attached hydrogens (tertiary/aromatic N) is 3. The second kappa shape index (κ2) is 9.27. The van der Waals surface area contributed by atoms with Gasteiger partial charge in [0, 0.05) is 35.7 Å². The lowest BCUT2D eigenvalue weighted by atomic mass is 10.2. The summed E-state index contributed by atoms with van der Waals surface area (Å²) in [5.74, 6) is 1.11. The van der Waals surface area contributed by atoms with E-state index in [1.54, 1.807) is 43.6 Å². The minimum absolute atomic E-state index is 0.0547. The van der Waals surface area contributed by atoms with Crippen LogP contribution in [0.25, 0.3) is 15.8 Å². The molecule has 0 atom stereocenters. The molecular formula is C18H21N3O4S3. The fraction of sp³-hybridized carbons (Fsp3) is 0.389. The van der Waals surface area contributed by atoms with Crippen LogP contribution in [0.2, 0.25) is 0 Å². The van der Waals surface area contributed by atoms with Crippen LogP contribution in [0.3, 0.4) is 0 Å². The van der Waals surface area contributed by atoms with Crippen molar-refractivity contribution in [2.75, 3.05) is 24.7 Å². The number of benzene rings is 1. The van der Waals surface area contributed by atoms with Gasteiger partial charge in [-0.05, 0) is 36.7 Å². The summed E-state index contributed by atoms with van der Waals surface area (Å²) in [5, 5.41) is 19.2. The first-order valence-electron chi connectivity index (χ1n) is 8.62. The van der Waals surface area contributed by atoms with Gasteiger partial charge in [-0.15, -0.1) is 23.5 Å². The highest BCUT2D eigenvalue weighted by Gasteiger charge is 2.20. The Morgan fingerprint density at radius 3 is 2.46 bits per heavy atom. The van der Waals surface area contributed by atoms with E-state index in [4.69, 9.17) is 0 Å². The van der Waals surface area contributed by atoms with Gasteiger partial charge in [0.1, 0.15) is 0 Å². The maximum absolute atomic E-state index is 12.6. The Hall–Kier alpha value is -1.59. The molecule has 1 aromatic carbocycles. The van der Waals surface area contributed by atoms with Crippen LogP contribution < -0.4 is 11.2 Å². The molecule has 0 saturated carbocycles. The Morgan fingerprint density at radius 2 is 1.82 bits per heavy atom. The van der Waals surface area contributed by atoms with Crippen molar-refractivity contribution in [1.29, 1.82) is 0 Å². The second-order valence-corrected chi connectivity index (χ2v) is 9.60. The average molecular weight is 440 g/mol. The van der Waals surface area contributed by atoms with Gasteiger partial charge in [0.15, 0.2) is 0 Å². The number of aromatic nitrogens is 3. The molecule has 0 aliphatic heterocycles. The van der Waals surface area contributed by atoms with Gasteiger partial charge in [-0.1, -0.05) is 0 Å². The Labute approximate surface area is 174 Å². The zero-order chi connectivity index (χ0) is 20.3. The zero-order valence-corrected chi connectivity index (χ0v) is 17.9. The van der Waals surface area contributed by atoms with E-state index in [9.17, 15) is 19.8 Å². The van der Waals surface area contributed by atoms with Gasteiger partial charge in [0.05, 0.1) is 33.9 Å². The van der Waals surface area contributed by atoms with E-state index in [1.165, 1.54) is 22.2 Å². The molecule has 0 aliphatic rings. The van der Waals surface area contributed by atoms with Crippen molar-refractivity contribution < 1.29 is 10.2 Å². The van der Waals surface area contributed by atoms with Gasteiger partial charge in [-0.25, -0.2) is 9.36 Å². The quantitative estimate of drug-likeness (QED) is 0.518. The largest absolute Gasteiger partial charge is 0.396 e. The lowest BCUT2D eigenvalue weighted by molar-refractivity contribution is 0.322. The molecule has 150 valence electrons. The van der Waals surface area contributed by atoms with Gasteiger partial charge in [0.2, 0.25) is 0 Å². The van der Waals surface area contributed by atoms with Crippen LogP contribution in [-0.4, -0.2) is 48.4 Å². The number of rotatable bonds is 8. The smallest absolute Gasteiger partial charge is 0.335 e. The minimum atomic E-state index is -0.394. The molecule has 28 heavy (non-hydrogen) atoms. The van der Waals surface area contributed by atoms with E-state index in [-0.39, 0.29) is 23.4 Å². The summed E-state index contributed by atoms with van der Waals surface area (Å²) >= 11 is 4.47. The third-order valence-corrected chi connectivity index (χ3v) is 7.79. The summed E-state index contributed by atoms with van der Waals surface area (Å²) in [6, 6.07) is 6.87. The topological polar surface area (TPSA) is 97.4 Å². The summed E-state index contributed by atoms with van der Waals surface area (Å²) in [6.45, 7) is 1.84. The highest BCUT2D eigenvalue weighted by molar-refractivity contribution is 8.16. The van der Waals surface area contributed by atoms with Crippen LogP contribution in [0.5, 0.6) is 0 Å². The molecule has 2 heterocycles. The number of hydrogen-bond acceptors (Lipinski definition) is 8. The van der Waals surface area contributed by atoms with Crippen LogP contribution in [0.1, 0.15) is 16.0 Å². The van der Waals surface area contributed by atoms with Crippen molar-refractivity contribution in [3.63, 3.8) is 0 Å². The van der Waals surface area contributed by atoms with Crippen LogP contribution >= 0.6 is 35.1 Å². The number of aliphatic hydroxyl groups excluding tert-OH is 2. The van der Waals surface area contributed by atoms with Crippen LogP contribution in [0, 0.1) is 6.92 Å². The van der Waals surface area contributed by atoms with E-state index in [2.05, 4.69) is 4.37 Å². The molecule has 0 saturated heterocycles. The van der Waals surface area contributed by atoms with Crippen LogP contribution in [0.15, 0.2) is 33.9 Å². The molecule has 7 nitrogen and oxygen atoms in total. The predicted molar refractivity (Wildman–Crippen MR) is 117 cm³/mol. The molecule has 0 unspecified atom stereocenters. The lowest BCUT2D eigenvalue weighted by Crippen LogP contribution is -2.38. The SMILES string of the molecule is Cc1cc(=O)n(-c2ccc3snc(C(SCCO)SCCO)c3c2)c(=O)n1C. The Kier molecular flexibility index (Phi) is 7.00. The number of thioether (sulfide) groups is 2. The highest BCUT2D eigenvalue weighted by atomic mass is 32.2. The second-order valence-electron chi connectivity index (χ2n) is 6.07. The summed E-state index contributed by atoms with van der Waals surface area (Å²) in [6.07, 6.45) is 0. The number of aliphatic hydroxyl groups is 2. The van der Waals surface area contributed by atoms with E-state index in [0.717, 1.165) is 20.3 Å². The lowest BCUT2D eigenvalue weighted by Gasteiger charge is -2.14. The molecule has 0 fully saturated rings. The van der Waals surface area contributed by atoms with Crippen molar-refractivity contribution in [1.82, 2.24) is 13.5 Å². The van der Waals surface area contributed by atoms with Crippen molar-refractivity contribution in [2.24, 2.45) is 7.05 Å². The molecule has 2 N–H and O–H groups in total. The first kappa shape index (κ1) is 21.1. The van der Waals surface area contributed by atoms with Crippen LogP contribution in [-0.2, 0) is 7.05 Å². The van der Waals surface area contributed by atoms with Gasteiger partial charge in [0.25, 0.3) is 5.56 Å². The molecule has 0 spiro atoms. The van der Waals surface area contributed by atoms with Crippen molar-refractivity contribution in [3.8, 4) is 5.69 Å². The molecular weight excluding hydrogens is 418 g/mol. The number of aryl methyl sites for hydroxylation is 1. The zero-order valence-electron chi connectivity index (χ0n) is 15.5. The third-order valence-electron chi connectivity index (χ3n) is 4.24. The Morgan fingerprint density at radius 1 is 1.14 bits per heavy atom. The van der Waals surface area contributed by atoms with E-state index >= 15 is 0 Å². The fourth-order valence-electron chi connectivity index (χ4n) is 2.75. The minimum Gasteiger partial charge on any atom is -0.396 e. The average Bonchev–Trinajstić information content (AvgIpc) is 3.10. The molecule has 3 aromatic rings. The highest BCUT2D eigenvalue weighted by Crippen LogP contribution is 2.42. The normalized spacial score (nSPS) is 11.6.